The van der Waals surface area contributed by atoms with Crippen LogP contribution >= 0.6 is 0 Å². The van der Waals surface area contributed by atoms with E-state index in [2.05, 4.69) is 4.90 Å². The zero-order valence-corrected chi connectivity index (χ0v) is 16.7. The Kier molecular flexibility index (Phi) is 7.76. The van der Waals surface area contributed by atoms with Crippen molar-refractivity contribution in [1.29, 1.82) is 0 Å². The smallest absolute Gasteiger partial charge is 0.409 e. The zero-order valence-electron chi connectivity index (χ0n) is 16.7. The van der Waals surface area contributed by atoms with Crippen molar-refractivity contribution in [2.75, 3.05) is 59.1 Å². The molecule has 0 saturated carbocycles. The Hall–Kier alpha value is -1.34. The first-order valence-corrected chi connectivity index (χ1v) is 10.7. The summed E-state index contributed by atoms with van der Waals surface area (Å²) in [6.07, 6.45) is 5.99. The molecular weight excluding hydrogens is 346 g/mol. The summed E-state index contributed by atoms with van der Waals surface area (Å²) in [6, 6.07) is 0.589. The molecule has 0 aromatic carbocycles. The van der Waals surface area contributed by atoms with Crippen LogP contribution in [-0.4, -0.2) is 91.8 Å². The Balaban J connectivity index is 1.32. The second kappa shape index (κ2) is 10.3. The van der Waals surface area contributed by atoms with E-state index < -0.39 is 0 Å². The Morgan fingerprint density at radius 2 is 1.59 bits per heavy atom. The van der Waals surface area contributed by atoms with Gasteiger partial charge < -0.3 is 24.2 Å². The maximum absolute atomic E-state index is 12.3. The molecule has 0 radical (unpaired) electrons. The van der Waals surface area contributed by atoms with Crippen LogP contribution in [0.2, 0.25) is 0 Å². The molecule has 27 heavy (non-hydrogen) atoms. The van der Waals surface area contributed by atoms with Crippen molar-refractivity contribution in [3.05, 3.63) is 0 Å². The van der Waals surface area contributed by atoms with Crippen molar-refractivity contribution in [3.63, 3.8) is 0 Å². The first-order valence-electron chi connectivity index (χ1n) is 10.7. The van der Waals surface area contributed by atoms with Crippen molar-refractivity contribution in [2.45, 2.75) is 51.5 Å². The average Bonchev–Trinajstić information content (AvgIpc) is 2.73. The van der Waals surface area contributed by atoms with Gasteiger partial charge in [0, 0.05) is 38.6 Å². The van der Waals surface area contributed by atoms with Crippen LogP contribution < -0.4 is 0 Å². The van der Waals surface area contributed by atoms with Crippen LogP contribution in [0.4, 0.5) is 4.79 Å². The highest BCUT2D eigenvalue weighted by molar-refractivity contribution is 5.76. The molecule has 7 heteroatoms. The van der Waals surface area contributed by atoms with E-state index in [1.165, 1.54) is 12.8 Å². The van der Waals surface area contributed by atoms with Crippen molar-refractivity contribution in [1.82, 2.24) is 14.7 Å². The summed E-state index contributed by atoms with van der Waals surface area (Å²) < 4.78 is 10.4. The van der Waals surface area contributed by atoms with E-state index in [1.807, 2.05) is 16.7 Å². The molecule has 0 aromatic heterocycles. The van der Waals surface area contributed by atoms with E-state index in [1.54, 1.807) is 0 Å². The molecule has 0 aliphatic carbocycles. The molecular formula is C20H35N3O4. The lowest BCUT2D eigenvalue weighted by atomic mass is 9.90. The van der Waals surface area contributed by atoms with Crippen LogP contribution in [0.5, 0.6) is 0 Å². The van der Waals surface area contributed by atoms with Crippen LogP contribution in [0.1, 0.15) is 45.4 Å². The molecule has 0 bridgehead atoms. The third-order valence-electron chi connectivity index (χ3n) is 6.29. The number of carbonyl (C=O) groups is 2. The molecule has 3 heterocycles. The van der Waals surface area contributed by atoms with Gasteiger partial charge >= 0.3 is 6.09 Å². The van der Waals surface area contributed by atoms with E-state index in [0.29, 0.717) is 44.1 Å². The second-order valence-electron chi connectivity index (χ2n) is 7.93. The summed E-state index contributed by atoms with van der Waals surface area (Å²) in [5.74, 6) is 0.970. The number of amides is 2. The van der Waals surface area contributed by atoms with Gasteiger partial charge in [-0.15, -0.1) is 0 Å². The van der Waals surface area contributed by atoms with Crippen LogP contribution in [0.3, 0.4) is 0 Å². The molecule has 7 nitrogen and oxygen atoms in total. The number of hydrogen-bond acceptors (Lipinski definition) is 5. The molecule has 0 spiro atoms. The first-order chi connectivity index (χ1) is 13.2. The lowest BCUT2D eigenvalue weighted by molar-refractivity contribution is -0.135. The first kappa shape index (κ1) is 20.4. The molecule has 0 aromatic rings. The fourth-order valence-corrected chi connectivity index (χ4v) is 4.53. The van der Waals surface area contributed by atoms with Crippen LogP contribution in [0.15, 0.2) is 0 Å². The molecule has 3 aliphatic heterocycles. The maximum Gasteiger partial charge on any atom is 0.409 e. The third kappa shape index (κ3) is 5.82. The molecule has 0 unspecified atom stereocenters. The summed E-state index contributed by atoms with van der Waals surface area (Å²) in [5, 5.41) is 0. The van der Waals surface area contributed by atoms with Gasteiger partial charge in [-0.1, -0.05) is 0 Å². The van der Waals surface area contributed by atoms with Crippen molar-refractivity contribution in [2.24, 2.45) is 5.92 Å². The fraction of sp³-hybridized carbons (Fsp3) is 0.900. The number of piperidine rings is 2. The largest absolute Gasteiger partial charge is 0.450 e. The highest BCUT2D eigenvalue weighted by Crippen LogP contribution is 2.27. The summed E-state index contributed by atoms with van der Waals surface area (Å²) in [5.41, 5.74) is 0. The molecule has 3 fully saturated rings. The Bertz CT molecular complexity index is 480. The Morgan fingerprint density at radius 1 is 0.926 bits per heavy atom. The number of carbonyl (C=O) groups excluding carboxylic acids is 2. The summed E-state index contributed by atoms with van der Waals surface area (Å²) in [6.45, 7) is 9.02. The van der Waals surface area contributed by atoms with Gasteiger partial charge in [0.15, 0.2) is 0 Å². The van der Waals surface area contributed by atoms with Gasteiger partial charge in [0.1, 0.15) is 0 Å². The normalized spacial score (nSPS) is 23.4. The molecule has 2 amide bonds. The summed E-state index contributed by atoms with van der Waals surface area (Å²) >= 11 is 0. The molecule has 0 N–H and O–H groups in total. The summed E-state index contributed by atoms with van der Waals surface area (Å²) in [4.78, 5) is 30.5. The van der Waals surface area contributed by atoms with Gasteiger partial charge in [-0.25, -0.2) is 4.79 Å². The molecule has 154 valence electrons. The minimum absolute atomic E-state index is 0.167. The van der Waals surface area contributed by atoms with E-state index >= 15 is 0 Å². The average molecular weight is 382 g/mol. The molecule has 3 aliphatic rings. The standard InChI is InChI=1S/C20H35N3O4/c1-2-27-20(25)23-11-7-18(8-12-23)21-9-5-17(6-10-21)3-4-19(24)22-13-15-26-16-14-22/h17-18H,2-16H2,1H3. The topological polar surface area (TPSA) is 62.3 Å². The van der Waals surface area contributed by atoms with Gasteiger partial charge in [-0.2, -0.15) is 0 Å². The molecule has 3 saturated heterocycles. The Morgan fingerprint density at radius 3 is 2.22 bits per heavy atom. The van der Waals surface area contributed by atoms with E-state index in [9.17, 15) is 9.59 Å². The van der Waals surface area contributed by atoms with Crippen LogP contribution in [0, 0.1) is 5.92 Å². The van der Waals surface area contributed by atoms with Crippen molar-refractivity contribution < 1.29 is 19.1 Å². The summed E-state index contributed by atoms with van der Waals surface area (Å²) in [7, 11) is 0. The molecule has 3 rings (SSSR count). The molecule has 0 atom stereocenters. The van der Waals surface area contributed by atoms with Gasteiger partial charge in [-0.05, 0) is 58.0 Å². The third-order valence-corrected chi connectivity index (χ3v) is 6.29. The maximum atomic E-state index is 12.3. The Labute approximate surface area is 162 Å². The minimum atomic E-state index is -0.167. The van der Waals surface area contributed by atoms with E-state index in [4.69, 9.17) is 9.47 Å². The van der Waals surface area contributed by atoms with Gasteiger partial charge in [0.05, 0.1) is 19.8 Å². The second-order valence-corrected chi connectivity index (χ2v) is 7.93. The van der Waals surface area contributed by atoms with Gasteiger partial charge in [-0.3, -0.25) is 4.79 Å². The monoisotopic (exact) mass is 381 g/mol. The van der Waals surface area contributed by atoms with Crippen molar-refractivity contribution >= 4 is 12.0 Å². The lowest BCUT2D eigenvalue weighted by Gasteiger charge is -2.41. The number of ether oxygens (including phenoxy) is 2. The lowest BCUT2D eigenvalue weighted by Crippen LogP contribution is -2.49. The number of rotatable bonds is 5. The predicted molar refractivity (Wildman–Crippen MR) is 103 cm³/mol. The number of likely N-dealkylation sites (tertiary alicyclic amines) is 2. The minimum Gasteiger partial charge on any atom is -0.450 e. The highest BCUT2D eigenvalue weighted by atomic mass is 16.6. The highest BCUT2D eigenvalue weighted by Gasteiger charge is 2.30. The number of morpholine rings is 1. The fourth-order valence-electron chi connectivity index (χ4n) is 4.53. The van der Waals surface area contributed by atoms with Gasteiger partial charge in [0.2, 0.25) is 5.91 Å². The number of hydrogen-bond donors (Lipinski definition) is 0. The van der Waals surface area contributed by atoms with Gasteiger partial charge in [0.25, 0.3) is 0 Å². The quantitative estimate of drug-likeness (QED) is 0.728. The van der Waals surface area contributed by atoms with Crippen LogP contribution in [0.25, 0.3) is 0 Å². The van der Waals surface area contributed by atoms with E-state index in [0.717, 1.165) is 58.5 Å². The number of nitrogens with zero attached hydrogens (tertiary/aromatic N) is 3. The van der Waals surface area contributed by atoms with Crippen molar-refractivity contribution in [3.8, 4) is 0 Å². The van der Waals surface area contributed by atoms with Crippen LogP contribution in [-0.2, 0) is 14.3 Å². The van der Waals surface area contributed by atoms with E-state index in [-0.39, 0.29) is 6.09 Å². The predicted octanol–water partition coefficient (Wildman–Crippen LogP) is 1.96. The SMILES string of the molecule is CCOC(=O)N1CCC(N2CCC(CCC(=O)N3CCOCC3)CC2)CC1. The zero-order chi connectivity index (χ0) is 19.1.